The van der Waals surface area contributed by atoms with Gasteiger partial charge in [-0.25, -0.2) is 0 Å². The fourth-order valence-electron chi connectivity index (χ4n) is 1.58. The van der Waals surface area contributed by atoms with Crippen LogP contribution in [0.5, 0.6) is 0 Å². The number of amides is 2. The quantitative estimate of drug-likeness (QED) is 0.646. The van der Waals surface area contributed by atoms with Crippen molar-refractivity contribution in [2.45, 2.75) is 33.6 Å². The third-order valence-electron chi connectivity index (χ3n) is 2.82. The Hall–Kier alpha value is -1.10. The molecule has 5 nitrogen and oxygen atoms in total. The molecule has 0 saturated heterocycles. The van der Waals surface area contributed by atoms with Crippen molar-refractivity contribution in [3.63, 3.8) is 0 Å². The molecule has 17 heavy (non-hydrogen) atoms. The van der Waals surface area contributed by atoms with Gasteiger partial charge in [-0.1, -0.05) is 6.92 Å². The molecule has 5 heteroatoms. The number of nitrogens with zero attached hydrogens (tertiary/aromatic N) is 1. The van der Waals surface area contributed by atoms with Gasteiger partial charge in [-0.2, -0.15) is 0 Å². The first-order valence-electron chi connectivity index (χ1n) is 6.32. The fraction of sp³-hybridized carbons (Fsp3) is 0.833. The van der Waals surface area contributed by atoms with Gasteiger partial charge in [0.25, 0.3) is 0 Å². The molecule has 2 amide bonds. The van der Waals surface area contributed by atoms with Crippen LogP contribution in [0, 0.1) is 5.92 Å². The van der Waals surface area contributed by atoms with Crippen LogP contribution in [-0.4, -0.2) is 42.9 Å². The molecule has 0 spiro atoms. The third-order valence-corrected chi connectivity index (χ3v) is 2.82. The zero-order valence-electron chi connectivity index (χ0n) is 11.2. The van der Waals surface area contributed by atoms with Crippen molar-refractivity contribution < 1.29 is 9.59 Å². The zero-order valence-corrected chi connectivity index (χ0v) is 11.2. The van der Waals surface area contributed by atoms with Gasteiger partial charge in [0.15, 0.2) is 0 Å². The Morgan fingerprint density at radius 3 is 2.35 bits per heavy atom. The van der Waals surface area contributed by atoms with Gasteiger partial charge < -0.3 is 16.0 Å². The summed E-state index contributed by atoms with van der Waals surface area (Å²) in [5, 5.41) is 2.67. The van der Waals surface area contributed by atoms with Crippen molar-refractivity contribution >= 4 is 11.8 Å². The van der Waals surface area contributed by atoms with Gasteiger partial charge in [0.1, 0.15) is 0 Å². The van der Waals surface area contributed by atoms with Gasteiger partial charge in [0.2, 0.25) is 11.8 Å². The number of carbonyl (C=O) groups excluding carboxylic acids is 2. The van der Waals surface area contributed by atoms with Crippen molar-refractivity contribution in [1.82, 2.24) is 10.2 Å². The summed E-state index contributed by atoms with van der Waals surface area (Å²) in [5.74, 6) is -0.184. The van der Waals surface area contributed by atoms with E-state index in [-0.39, 0.29) is 24.3 Å². The molecular formula is C12H25N3O2. The van der Waals surface area contributed by atoms with Gasteiger partial charge in [0.05, 0.1) is 6.54 Å². The van der Waals surface area contributed by atoms with Crippen LogP contribution < -0.4 is 11.1 Å². The minimum Gasteiger partial charge on any atom is -0.347 e. The van der Waals surface area contributed by atoms with E-state index in [9.17, 15) is 9.59 Å². The van der Waals surface area contributed by atoms with Crippen LogP contribution in [0.3, 0.4) is 0 Å². The van der Waals surface area contributed by atoms with Crippen molar-refractivity contribution in [3.05, 3.63) is 0 Å². The fourth-order valence-corrected chi connectivity index (χ4v) is 1.58. The van der Waals surface area contributed by atoms with E-state index in [1.807, 2.05) is 20.8 Å². The van der Waals surface area contributed by atoms with E-state index in [0.29, 0.717) is 19.6 Å². The SMILES string of the molecule is CCN(CC)C(=O)CNC(=O)C(C)CCCN. The Balaban J connectivity index is 3.94. The van der Waals surface area contributed by atoms with Crippen LogP contribution >= 0.6 is 0 Å². The highest BCUT2D eigenvalue weighted by atomic mass is 16.2. The molecule has 0 aromatic carbocycles. The molecule has 0 saturated carbocycles. The van der Waals surface area contributed by atoms with Crippen LogP contribution in [0.25, 0.3) is 0 Å². The summed E-state index contributed by atoms with van der Waals surface area (Å²) < 4.78 is 0. The van der Waals surface area contributed by atoms with E-state index < -0.39 is 0 Å². The van der Waals surface area contributed by atoms with Crippen molar-refractivity contribution in [3.8, 4) is 0 Å². The summed E-state index contributed by atoms with van der Waals surface area (Å²) in [5.41, 5.74) is 5.38. The molecule has 0 aliphatic heterocycles. The third kappa shape index (κ3) is 6.26. The number of hydrogen-bond donors (Lipinski definition) is 2. The Morgan fingerprint density at radius 1 is 1.29 bits per heavy atom. The molecule has 0 aliphatic carbocycles. The van der Waals surface area contributed by atoms with Gasteiger partial charge >= 0.3 is 0 Å². The molecule has 0 rings (SSSR count). The van der Waals surface area contributed by atoms with Gasteiger partial charge in [-0.3, -0.25) is 9.59 Å². The molecule has 0 aromatic rings. The van der Waals surface area contributed by atoms with E-state index >= 15 is 0 Å². The maximum atomic E-state index is 11.6. The van der Waals surface area contributed by atoms with E-state index in [1.165, 1.54) is 0 Å². The van der Waals surface area contributed by atoms with Crippen LogP contribution in [0.4, 0.5) is 0 Å². The molecule has 0 bridgehead atoms. The first kappa shape index (κ1) is 15.9. The van der Waals surface area contributed by atoms with E-state index in [1.54, 1.807) is 4.90 Å². The standard InChI is InChI=1S/C12H25N3O2/c1-4-15(5-2)11(16)9-14-12(17)10(3)7-6-8-13/h10H,4-9,13H2,1-3H3,(H,14,17). The van der Waals surface area contributed by atoms with Crippen LogP contribution in [0.1, 0.15) is 33.6 Å². The molecule has 0 fully saturated rings. The zero-order chi connectivity index (χ0) is 13.3. The smallest absolute Gasteiger partial charge is 0.241 e. The summed E-state index contributed by atoms with van der Waals surface area (Å²) in [6.07, 6.45) is 1.60. The Bertz CT molecular complexity index is 240. The molecule has 1 unspecified atom stereocenters. The molecule has 0 aliphatic rings. The van der Waals surface area contributed by atoms with Gasteiger partial charge in [-0.05, 0) is 33.2 Å². The maximum absolute atomic E-state index is 11.6. The Labute approximate surface area is 104 Å². The average Bonchev–Trinajstić information content (AvgIpc) is 2.34. The summed E-state index contributed by atoms with van der Waals surface area (Å²) >= 11 is 0. The highest BCUT2D eigenvalue weighted by Gasteiger charge is 2.15. The molecule has 3 N–H and O–H groups in total. The molecule has 0 aromatic heterocycles. The predicted octanol–water partition coefficient (Wildman–Crippen LogP) is 0.346. The Kier molecular flexibility index (Phi) is 8.40. The lowest BCUT2D eigenvalue weighted by Crippen LogP contribution is -2.41. The second-order valence-electron chi connectivity index (χ2n) is 4.12. The maximum Gasteiger partial charge on any atom is 0.241 e. The molecule has 100 valence electrons. The van der Waals surface area contributed by atoms with E-state index in [2.05, 4.69) is 5.32 Å². The first-order valence-corrected chi connectivity index (χ1v) is 6.32. The second kappa shape index (κ2) is 8.98. The summed E-state index contributed by atoms with van der Waals surface area (Å²) in [7, 11) is 0. The lowest BCUT2D eigenvalue weighted by molar-refractivity contribution is -0.133. The summed E-state index contributed by atoms with van der Waals surface area (Å²) in [4.78, 5) is 25.0. The number of hydrogen-bond acceptors (Lipinski definition) is 3. The number of nitrogens with two attached hydrogens (primary N) is 1. The first-order chi connectivity index (χ1) is 8.06. The van der Waals surface area contributed by atoms with Crippen molar-refractivity contribution in [1.29, 1.82) is 0 Å². The number of rotatable bonds is 8. The molecule has 0 heterocycles. The van der Waals surface area contributed by atoms with E-state index in [4.69, 9.17) is 5.73 Å². The van der Waals surface area contributed by atoms with Crippen LogP contribution in [-0.2, 0) is 9.59 Å². The monoisotopic (exact) mass is 243 g/mol. The molecule has 1 atom stereocenters. The minimum absolute atomic E-state index is 0.0330. The van der Waals surface area contributed by atoms with Crippen molar-refractivity contribution in [2.75, 3.05) is 26.2 Å². The van der Waals surface area contributed by atoms with Crippen LogP contribution in [0.2, 0.25) is 0 Å². The van der Waals surface area contributed by atoms with Crippen LogP contribution in [0.15, 0.2) is 0 Å². The topological polar surface area (TPSA) is 75.4 Å². The summed E-state index contributed by atoms with van der Waals surface area (Å²) in [6, 6.07) is 0. The van der Waals surface area contributed by atoms with Gasteiger partial charge in [-0.15, -0.1) is 0 Å². The van der Waals surface area contributed by atoms with E-state index in [0.717, 1.165) is 12.8 Å². The number of likely N-dealkylation sites (N-methyl/N-ethyl adjacent to an activating group) is 1. The number of nitrogens with one attached hydrogen (secondary N) is 1. The second-order valence-corrected chi connectivity index (χ2v) is 4.12. The molecule has 0 radical (unpaired) electrons. The largest absolute Gasteiger partial charge is 0.347 e. The molecular weight excluding hydrogens is 218 g/mol. The minimum atomic E-state index is -0.0805. The summed E-state index contributed by atoms with van der Waals surface area (Å²) in [6.45, 7) is 7.73. The Morgan fingerprint density at radius 2 is 1.88 bits per heavy atom. The highest BCUT2D eigenvalue weighted by Crippen LogP contribution is 2.04. The highest BCUT2D eigenvalue weighted by molar-refractivity contribution is 5.85. The average molecular weight is 243 g/mol. The van der Waals surface area contributed by atoms with Gasteiger partial charge in [0, 0.05) is 19.0 Å². The lowest BCUT2D eigenvalue weighted by Gasteiger charge is -2.19. The van der Waals surface area contributed by atoms with Crippen molar-refractivity contribution in [2.24, 2.45) is 11.7 Å². The lowest BCUT2D eigenvalue weighted by atomic mass is 10.1. The predicted molar refractivity (Wildman–Crippen MR) is 68.4 cm³/mol. The number of carbonyl (C=O) groups is 2. The normalized spacial score (nSPS) is 12.0.